The predicted molar refractivity (Wildman–Crippen MR) is 85.6 cm³/mol. The van der Waals surface area contributed by atoms with Crippen LogP contribution in [0.15, 0.2) is 0 Å². The van der Waals surface area contributed by atoms with Gasteiger partial charge in [-0.25, -0.2) is 0 Å². The Bertz CT molecular complexity index is 102. The Kier molecular flexibility index (Phi) is 21.5. The molecule has 0 saturated carbocycles. The minimum atomic E-state index is 1.15. The van der Waals surface area contributed by atoms with Crippen LogP contribution >= 0.6 is 0 Å². The number of hydrogen-bond acceptors (Lipinski definition) is 4. The van der Waals surface area contributed by atoms with Crippen molar-refractivity contribution in [3.63, 3.8) is 0 Å². The zero-order valence-corrected chi connectivity index (χ0v) is 14.6. The maximum absolute atomic E-state index is 2.18. The van der Waals surface area contributed by atoms with E-state index in [0.717, 1.165) is 26.2 Å². The summed E-state index contributed by atoms with van der Waals surface area (Å²) >= 11 is 0. The van der Waals surface area contributed by atoms with Crippen LogP contribution in [0.25, 0.3) is 0 Å². The quantitative estimate of drug-likeness (QED) is 0.714. The first-order valence-corrected chi connectivity index (χ1v) is 6.84. The highest BCUT2D eigenvalue weighted by Crippen LogP contribution is 1.76. The van der Waals surface area contributed by atoms with Crippen LogP contribution in [0.2, 0.25) is 0 Å². The summed E-state index contributed by atoms with van der Waals surface area (Å²) in [7, 11) is 16.7. The summed E-state index contributed by atoms with van der Waals surface area (Å²) in [5.74, 6) is 0. The van der Waals surface area contributed by atoms with Crippen LogP contribution in [0, 0.1) is 0 Å². The first-order valence-electron chi connectivity index (χ1n) is 6.84. The van der Waals surface area contributed by atoms with Gasteiger partial charge >= 0.3 is 0 Å². The predicted octanol–water partition coefficient (Wildman–Crippen LogP) is 1.25. The van der Waals surface area contributed by atoms with Gasteiger partial charge < -0.3 is 19.6 Å². The topological polar surface area (TPSA) is 13.0 Å². The molecule has 18 heavy (non-hydrogen) atoms. The lowest BCUT2D eigenvalue weighted by atomic mass is 10.5. The highest BCUT2D eigenvalue weighted by atomic mass is 15.1. The highest BCUT2D eigenvalue weighted by Gasteiger charge is 1.90. The minimum Gasteiger partial charge on any atom is -0.308 e. The van der Waals surface area contributed by atoms with Crippen molar-refractivity contribution in [1.82, 2.24) is 19.6 Å². The summed E-state index contributed by atoms with van der Waals surface area (Å²) in [6.45, 7) is 8.58. The molecule has 0 aromatic heterocycles. The zero-order chi connectivity index (χ0) is 15.1. The van der Waals surface area contributed by atoms with Gasteiger partial charge in [0, 0.05) is 26.2 Å². The van der Waals surface area contributed by atoms with Gasteiger partial charge in [-0.15, -0.1) is 0 Å². The molecule has 0 heterocycles. The van der Waals surface area contributed by atoms with Crippen LogP contribution < -0.4 is 0 Å². The van der Waals surface area contributed by atoms with E-state index >= 15 is 0 Å². The van der Waals surface area contributed by atoms with Crippen molar-refractivity contribution in [3.8, 4) is 0 Å². The molecule has 0 aliphatic rings. The van der Waals surface area contributed by atoms with Gasteiger partial charge in [-0.1, -0.05) is 13.8 Å². The minimum absolute atomic E-state index is 1.15. The normalized spacial score (nSPS) is 10.3. The third-order valence-corrected chi connectivity index (χ3v) is 1.99. The van der Waals surface area contributed by atoms with Crippen LogP contribution in [0.5, 0.6) is 0 Å². The van der Waals surface area contributed by atoms with Crippen LogP contribution in [0.1, 0.15) is 13.8 Å². The van der Waals surface area contributed by atoms with Gasteiger partial charge in [0.2, 0.25) is 0 Å². The van der Waals surface area contributed by atoms with Gasteiger partial charge in [-0.2, -0.15) is 0 Å². The molecule has 0 radical (unpaired) electrons. The van der Waals surface area contributed by atoms with E-state index < -0.39 is 0 Å². The molecule has 0 N–H and O–H groups in total. The van der Waals surface area contributed by atoms with Crippen molar-refractivity contribution in [3.05, 3.63) is 0 Å². The third kappa shape index (κ3) is 36.0. The fraction of sp³-hybridized carbons (Fsp3) is 1.00. The standard InChI is InChI=1S/2C6H16N2.C2H6/c2*1-7(2)5-6-8(3)4;1-2/h2*5-6H2,1-4H3;1-2H3. The Morgan fingerprint density at radius 1 is 0.389 bits per heavy atom. The maximum atomic E-state index is 2.18. The molecule has 114 valence electrons. The number of rotatable bonds is 6. The van der Waals surface area contributed by atoms with Crippen LogP contribution in [-0.4, -0.2) is 102 Å². The van der Waals surface area contributed by atoms with Gasteiger partial charge in [0.1, 0.15) is 0 Å². The maximum Gasteiger partial charge on any atom is 0.0103 e. The van der Waals surface area contributed by atoms with E-state index in [1.807, 2.05) is 13.8 Å². The Labute approximate surface area is 117 Å². The van der Waals surface area contributed by atoms with Crippen LogP contribution in [-0.2, 0) is 0 Å². The zero-order valence-electron chi connectivity index (χ0n) is 14.6. The fourth-order valence-corrected chi connectivity index (χ4v) is 0.800. The van der Waals surface area contributed by atoms with Gasteiger partial charge in [0.05, 0.1) is 0 Å². The molecule has 0 fully saturated rings. The molecule has 0 aliphatic heterocycles. The molecule has 0 saturated heterocycles. The van der Waals surface area contributed by atoms with Gasteiger partial charge in [0.25, 0.3) is 0 Å². The van der Waals surface area contributed by atoms with Crippen LogP contribution in [0.3, 0.4) is 0 Å². The fourth-order valence-electron chi connectivity index (χ4n) is 0.800. The summed E-state index contributed by atoms with van der Waals surface area (Å²) in [5.41, 5.74) is 0. The van der Waals surface area contributed by atoms with Crippen molar-refractivity contribution >= 4 is 0 Å². The van der Waals surface area contributed by atoms with Gasteiger partial charge in [-0.05, 0) is 56.4 Å². The third-order valence-electron chi connectivity index (χ3n) is 1.99. The monoisotopic (exact) mass is 262 g/mol. The van der Waals surface area contributed by atoms with E-state index in [1.54, 1.807) is 0 Å². The lowest BCUT2D eigenvalue weighted by Gasteiger charge is -2.13. The Morgan fingerprint density at radius 2 is 0.500 bits per heavy atom. The number of hydrogen-bond donors (Lipinski definition) is 0. The molecule has 4 nitrogen and oxygen atoms in total. The summed E-state index contributed by atoms with van der Waals surface area (Å²) in [6, 6.07) is 0. The van der Waals surface area contributed by atoms with Crippen molar-refractivity contribution in [2.24, 2.45) is 0 Å². The average Bonchev–Trinajstić information content (AvgIpc) is 2.27. The van der Waals surface area contributed by atoms with E-state index in [1.165, 1.54) is 0 Å². The summed E-state index contributed by atoms with van der Waals surface area (Å²) in [6.07, 6.45) is 0. The van der Waals surface area contributed by atoms with E-state index in [9.17, 15) is 0 Å². The molecule has 0 aromatic carbocycles. The lowest BCUT2D eigenvalue weighted by molar-refractivity contribution is 0.320. The number of likely N-dealkylation sites (N-methyl/N-ethyl adjacent to an activating group) is 4. The second-order valence-electron chi connectivity index (χ2n) is 5.21. The molecular formula is C14H38N4. The Hall–Kier alpha value is -0.160. The smallest absolute Gasteiger partial charge is 0.0103 e. The molecule has 4 heteroatoms. The van der Waals surface area contributed by atoms with Crippen molar-refractivity contribution < 1.29 is 0 Å². The van der Waals surface area contributed by atoms with E-state index in [2.05, 4.69) is 76.0 Å². The summed E-state index contributed by atoms with van der Waals surface area (Å²) < 4.78 is 0. The lowest BCUT2D eigenvalue weighted by Crippen LogP contribution is -2.25. The van der Waals surface area contributed by atoms with Crippen LogP contribution in [0.4, 0.5) is 0 Å². The Balaban J connectivity index is -0.000000219. The van der Waals surface area contributed by atoms with E-state index in [4.69, 9.17) is 0 Å². The first kappa shape index (κ1) is 23.0. The largest absolute Gasteiger partial charge is 0.308 e. The average molecular weight is 262 g/mol. The molecule has 0 rings (SSSR count). The summed E-state index contributed by atoms with van der Waals surface area (Å²) in [4.78, 5) is 8.72. The van der Waals surface area contributed by atoms with Crippen molar-refractivity contribution in [2.75, 3.05) is 82.6 Å². The molecule has 0 atom stereocenters. The SMILES string of the molecule is CC.CN(C)CCN(C)C.CN(C)CCN(C)C. The highest BCUT2D eigenvalue weighted by molar-refractivity contribution is 4.46. The molecule has 0 bridgehead atoms. The number of nitrogens with zero attached hydrogens (tertiary/aromatic N) is 4. The molecule has 0 unspecified atom stereocenters. The second-order valence-corrected chi connectivity index (χ2v) is 5.21. The van der Waals surface area contributed by atoms with Crippen molar-refractivity contribution in [2.45, 2.75) is 13.8 Å². The molecular weight excluding hydrogens is 224 g/mol. The van der Waals surface area contributed by atoms with Crippen molar-refractivity contribution in [1.29, 1.82) is 0 Å². The first-order chi connectivity index (χ1) is 8.25. The summed E-state index contributed by atoms with van der Waals surface area (Å²) in [5, 5.41) is 0. The van der Waals surface area contributed by atoms with Gasteiger partial charge in [0.15, 0.2) is 0 Å². The second kappa shape index (κ2) is 16.8. The van der Waals surface area contributed by atoms with Gasteiger partial charge in [-0.3, -0.25) is 0 Å². The molecule has 0 spiro atoms. The molecule has 0 amide bonds. The Morgan fingerprint density at radius 3 is 0.556 bits per heavy atom. The van der Waals surface area contributed by atoms with E-state index in [-0.39, 0.29) is 0 Å². The van der Waals surface area contributed by atoms with E-state index in [0.29, 0.717) is 0 Å². The molecule has 0 aromatic rings. The molecule has 0 aliphatic carbocycles.